The summed E-state index contributed by atoms with van der Waals surface area (Å²) in [6.45, 7) is 1.69. The number of rotatable bonds is 5. The van der Waals surface area contributed by atoms with Crippen molar-refractivity contribution in [3.05, 3.63) is 52.5 Å². The van der Waals surface area contributed by atoms with Crippen molar-refractivity contribution in [1.29, 1.82) is 0 Å². The zero-order chi connectivity index (χ0) is 16.2. The van der Waals surface area contributed by atoms with Crippen LogP contribution in [0.1, 0.15) is 29.3 Å². The molecule has 1 atom stereocenters. The van der Waals surface area contributed by atoms with Gasteiger partial charge in [-0.25, -0.2) is 4.79 Å². The van der Waals surface area contributed by atoms with Crippen molar-refractivity contribution in [3.63, 3.8) is 0 Å². The standard InChI is InChI=1S/C16H14N2O4S/c1-10(21-16(19)12-7-8-23-9-12)14-17-18-15(22-14)11-3-5-13(20-2)6-4-11/h3-10H,1-2H3/t10-/m0/s1. The first-order chi connectivity index (χ1) is 11.2. The van der Waals surface area contributed by atoms with Gasteiger partial charge in [-0.05, 0) is 42.6 Å². The largest absolute Gasteiger partial charge is 0.497 e. The Bertz CT molecular complexity index is 781. The summed E-state index contributed by atoms with van der Waals surface area (Å²) < 4.78 is 16.0. The second-order valence-electron chi connectivity index (χ2n) is 4.73. The summed E-state index contributed by atoms with van der Waals surface area (Å²) in [6.07, 6.45) is -0.623. The van der Waals surface area contributed by atoms with Crippen molar-refractivity contribution in [3.8, 4) is 17.2 Å². The highest BCUT2D eigenvalue weighted by Crippen LogP contribution is 2.24. The summed E-state index contributed by atoms with van der Waals surface area (Å²) in [5, 5.41) is 11.5. The summed E-state index contributed by atoms with van der Waals surface area (Å²) in [6, 6.07) is 8.95. The molecule has 1 aromatic carbocycles. The van der Waals surface area contributed by atoms with Gasteiger partial charge in [0.05, 0.1) is 12.7 Å². The van der Waals surface area contributed by atoms with Crippen LogP contribution in [0.3, 0.4) is 0 Å². The minimum Gasteiger partial charge on any atom is -0.497 e. The summed E-state index contributed by atoms with van der Waals surface area (Å²) in [5.74, 6) is 0.940. The molecular weight excluding hydrogens is 316 g/mol. The number of hydrogen-bond acceptors (Lipinski definition) is 7. The molecule has 6 nitrogen and oxygen atoms in total. The predicted molar refractivity (Wildman–Crippen MR) is 84.4 cm³/mol. The molecule has 0 saturated heterocycles. The topological polar surface area (TPSA) is 74.5 Å². The number of esters is 1. The normalized spacial score (nSPS) is 11.9. The first-order valence-electron chi connectivity index (χ1n) is 6.88. The second-order valence-corrected chi connectivity index (χ2v) is 5.51. The maximum absolute atomic E-state index is 11.9. The van der Waals surface area contributed by atoms with E-state index in [1.165, 1.54) is 11.3 Å². The molecule has 0 aliphatic carbocycles. The van der Waals surface area contributed by atoms with Crippen LogP contribution in [0.2, 0.25) is 0 Å². The van der Waals surface area contributed by atoms with Crippen LogP contribution in [-0.2, 0) is 4.74 Å². The van der Waals surface area contributed by atoms with Gasteiger partial charge in [0, 0.05) is 10.9 Å². The molecule has 0 fully saturated rings. The van der Waals surface area contributed by atoms with E-state index in [1.807, 2.05) is 17.5 Å². The monoisotopic (exact) mass is 330 g/mol. The van der Waals surface area contributed by atoms with Crippen LogP contribution in [0.5, 0.6) is 5.75 Å². The van der Waals surface area contributed by atoms with Crippen molar-refractivity contribution < 1.29 is 18.7 Å². The van der Waals surface area contributed by atoms with Gasteiger partial charge in [-0.15, -0.1) is 10.2 Å². The Morgan fingerprint density at radius 2 is 2.00 bits per heavy atom. The molecule has 3 aromatic rings. The zero-order valence-electron chi connectivity index (χ0n) is 12.6. The van der Waals surface area contributed by atoms with Gasteiger partial charge >= 0.3 is 5.97 Å². The van der Waals surface area contributed by atoms with Gasteiger partial charge in [-0.1, -0.05) is 0 Å². The van der Waals surface area contributed by atoms with E-state index in [-0.39, 0.29) is 5.89 Å². The SMILES string of the molecule is COc1ccc(-c2nnc([C@H](C)OC(=O)c3ccsc3)o2)cc1. The number of nitrogens with zero attached hydrogens (tertiary/aromatic N) is 2. The molecule has 3 rings (SSSR count). The summed E-state index contributed by atoms with van der Waals surface area (Å²) in [4.78, 5) is 11.9. The molecule has 2 aromatic heterocycles. The van der Waals surface area contributed by atoms with Crippen LogP contribution in [-0.4, -0.2) is 23.3 Å². The molecule has 7 heteroatoms. The van der Waals surface area contributed by atoms with Crippen LogP contribution in [0.4, 0.5) is 0 Å². The van der Waals surface area contributed by atoms with Crippen LogP contribution in [0.25, 0.3) is 11.5 Å². The van der Waals surface area contributed by atoms with Crippen LogP contribution >= 0.6 is 11.3 Å². The molecule has 0 aliphatic rings. The van der Waals surface area contributed by atoms with Crippen LogP contribution < -0.4 is 4.74 Å². The van der Waals surface area contributed by atoms with Crippen molar-refractivity contribution in [2.45, 2.75) is 13.0 Å². The second kappa shape index (κ2) is 6.62. The van der Waals surface area contributed by atoms with Crippen LogP contribution in [0.15, 0.2) is 45.5 Å². The summed E-state index contributed by atoms with van der Waals surface area (Å²) in [7, 11) is 1.60. The highest BCUT2D eigenvalue weighted by atomic mass is 32.1. The Hall–Kier alpha value is -2.67. The number of benzene rings is 1. The molecule has 118 valence electrons. The van der Waals surface area contributed by atoms with Crippen molar-refractivity contribution in [2.75, 3.05) is 7.11 Å². The molecule has 0 radical (unpaired) electrons. The van der Waals surface area contributed by atoms with E-state index >= 15 is 0 Å². The lowest BCUT2D eigenvalue weighted by Gasteiger charge is -2.08. The van der Waals surface area contributed by atoms with Gasteiger partial charge in [0.2, 0.25) is 5.89 Å². The summed E-state index contributed by atoms with van der Waals surface area (Å²) in [5.41, 5.74) is 1.28. The van der Waals surface area contributed by atoms with E-state index in [1.54, 1.807) is 37.6 Å². The van der Waals surface area contributed by atoms with E-state index in [2.05, 4.69) is 10.2 Å². The van der Waals surface area contributed by atoms with Crippen molar-refractivity contribution in [1.82, 2.24) is 10.2 Å². The molecular formula is C16H14N2O4S. The van der Waals surface area contributed by atoms with Gasteiger partial charge in [0.1, 0.15) is 5.75 Å². The number of hydrogen-bond donors (Lipinski definition) is 0. The average molecular weight is 330 g/mol. The van der Waals surface area contributed by atoms with E-state index in [0.717, 1.165) is 11.3 Å². The fourth-order valence-corrected chi connectivity index (χ4v) is 2.53. The van der Waals surface area contributed by atoms with Crippen LogP contribution in [0, 0.1) is 0 Å². The summed E-state index contributed by atoms with van der Waals surface area (Å²) >= 11 is 1.43. The number of methoxy groups -OCH3 is 1. The highest BCUT2D eigenvalue weighted by molar-refractivity contribution is 7.08. The Balaban J connectivity index is 1.71. The molecule has 0 N–H and O–H groups in total. The first-order valence-corrected chi connectivity index (χ1v) is 7.82. The number of thiophene rings is 1. The van der Waals surface area contributed by atoms with E-state index in [9.17, 15) is 4.79 Å². The van der Waals surface area contributed by atoms with Gasteiger partial charge in [0.25, 0.3) is 5.89 Å². The Morgan fingerprint density at radius 1 is 1.22 bits per heavy atom. The third-order valence-electron chi connectivity index (χ3n) is 3.17. The predicted octanol–water partition coefficient (Wildman–Crippen LogP) is 3.72. The quantitative estimate of drug-likeness (QED) is 0.664. The van der Waals surface area contributed by atoms with E-state index in [0.29, 0.717) is 11.5 Å². The fraction of sp³-hybridized carbons (Fsp3) is 0.188. The van der Waals surface area contributed by atoms with E-state index < -0.39 is 12.1 Å². The Kier molecular flexibility index (Phi) is 4.38. The van der Waals surface area contributed by atoms with Crippen molar-refractivity contribution >= 4 is 17.3 Å². The Labute approximate surface area is 136 Å². The van der Waals surface area contributed by atoms with Gasteiger partial charge in [-0.2, -0.15) is 11.3 Å². The number of carbonyl (C=O) groups is 1. The molecule has 0 spiro atoms. The third kappa shape index (κ3) is 3.40. The zero-order valence-corrected chi connectivity index (χ0v) is 13.4. The maximum atomic E-state index is 11.9. The minimum absolute atomic E-state index is 0.249. The Morgan fingerprint density at radius 3 is 2.65 bits per heavy atom. The molecule has 0 aliphatic heterocycles. The molecule has 2 heterocycles. The average Bonchev–Trinajstić information content (AvgIpc) is 3.26. The number of carbonyl (C=O) groups excluding carboxylic acids is 1. The lowest BCUT2D eigenvalue weighted by Crippen LogP contribution is -2.08. The smallest absolute Gasteiger partial charge is 0.339 e. The maximum Gasteiger partial charge on any atom is 0.339 e. The van der Waals surface area contributed by atoms with Crippen molar-refractivity contribution in [2.24, 2.45) is 0 Å². The molecule has 0 unspecified atom stereocenters. The van der Waals surface area contributed by atoms with Gasteiger partial charge in [-0.3, -0.25) is 0 Å². The minimum atomic E-state index is -0.623. The first kappa shape index (κ1) is 15.2. The fourth-order valence-electron chi connectivity index (χ4n) is 1.91. The molecule has 0 amide bonds. The molecule has 0 saturated carbocycles. The third-order valence-corrected chi connectivity index (χ3v) is 3.85. The number of aromatic nitrogens is 2. The lowest BCUT2D eigenvalue weighted by atomic mass is 10.2. The molecule has 0 bridgehead atoms. The van der Waals surface area contributed by atoms with Gasteiger partial charge < -0.3 is 13.9 Å². The lowest BCUT2D eigenvalue weighted by molar-refractivity contribution is 0.0280. The number of ether oxygens (including phenoxy) is 2. The van der Waals surface area contributed by atoms with E-state index in [4.69, 9.17) is 13.9 Å². The van der Waals surface area contributed by atoms with Gasteiger partial charge in [0.15, 0.2) is 6.10 Å². The highest BCUT2D eigenvalue weighted by Gasteiger charge is 2.20. The molecule has 23 heavy (non-hydrogen) atoms.